The molecule has 2 heterocycles. The smallest absolute Gasteiger partial charge is 0.260 e. The third-order valence-electron chi connectivity index (χ3n) is 3.54. The summed E-state index contributed by atoms with van der Waals surface area (Å²) in [7, 11) is -3.53. The number of nitrogens with zero attached hydrogens (tertiary/aromatic N) is 3. The average molecular weight is 329 g/mol. The van der Waals surface area contributed by atoms with E-state index in [0.717, 1.165) is 11.8 Å². The molecular formula is C16H15N3O3S. The van der Waals surface area contributed by atoms with Crippen molar-refractivity contribution >= 4 is 20.9 Å². The van der Waals surface area contributed by atoms with Crippen LogP contribution in [-0.2, 0) is 16.4 Å². The van der Waals surface area contributed by atoms with Gasteiger partial charge < -0.3 is 0 Å². The Morgan fingerprint density at radius 2 is 1.87 bits per heavy atom. The number of benzene rings is 1. The van der Waals surface area contributed by atoms with Crippen LogP contribution in [0.4, 0.5) is 0 Å². The van der Waals surface area contributed by atoms with Crippen LogP contribution in [-0.4, -0.2) is 29.2 Å². The van der Waals surface area contributed by atoms with E-state index in [1.165, 1.54) is 10.8 Å². The zero-order valence-electron chi connectivity index (χ0n) is 12.7. The van der Waals surface area contributed by atoms with Crippen LogP contribution in [0.15, 0.2) is 52.5 Å². The first-order valence-electron chi connectivity index (χ1n) is 7.08. The Labute approximate surface area is 133 Å². The lowest BCUT2D eigenvalue weighted by Gasteiger charge is -2.11. The Morgan fingerprint density at radius 3 is 2.48 bits per heavy atom. The predicted molar refractivity (Wildman–Crippen MR) is 88.0 cm³/mol. The summed E-state index contributed by atoms with van der Waals surface area (Å²) in [4.78, 5) is 20.7. The van der Waals surface area contributed by atoms with E-state index >= 15 is 0 Å². The van der Waals surface area contributed by atoms with Gasteiger partial charge in [-0.25, -0.2) is 13.4 Å². The lowest BCUT2D eigenvalue weighted by Crippen LogP contribution is -2.22. The molecule has 0 aliphatic heterocycles. The first kappa shape index (κ1) is 15.4. The van der Waals surface area contributed by atoms with E-state index in [9.17, 15) is 13.2 Å². The number of hydrogen-bond acceptors (Lipinski definition) is 5. The Bertz CT molecular complexity index is 1040. The molecular weight excluding hydrogens is 314 g/mol. The number of pyridine rings is 1. The average Bonchev–Trinajstić information content (AvgIpc) is 2.54. The summed E-state index contributed by atoms with van der Waals surface area (Å²) in [5.41, 5.74) is 1.46. The van der Waals surface area contributed by atoms with E-state index in [0.29, 0.717) is 23.1 Å². The molecule has 0 aliphatic rings. The first-order chi connectivity index (χ1) is 10.9. The van der Waals surface area contributed by atoms with Crippen molar-refractivity contribution in [3.05, 3.63) is 52.9 Å². The van der Waals surface area contributed by atoms with Crippen LogP contribution in [0.5, 0.6) is 0 Å². The van der Waals surface area contributed by atoms with Crippen LogP contribution in [0.2, 0.25) is 0 Å². The Morgan fingerprint density at radius 1 is 1.17 bits per heavy atom. The van der Waals surface area contributed by atoms with E-state index in [1.54, 1.807) is 6.07 Å². The summed E-state index contributed by atoms with van der Waals surface area (Å²) in [5.74, 6) is 0. The normalized spacial score (nSPS) is 11.7. The van der Waals surface area contributed by atoms with Gasteiger partial charge in [0, 0.05) is 29.9 Å². The summed E-state index contributed by atoms with van der Waals surface area (Å²) in [6.45, 7) is 2.20. The summed E-state index contributed by atoms with van der Waals surface area (Å²) in [5, 5.41) is 0.344. The maximum absolute atomic E-state index is 12.7. The maximum Gasteiger partial charge on any atom is 0.260 e. The number of rotatable bonds is 3. The van der Waals surface area contributed by atoms with Crippen molar-refractivity contribution in [1.29, 1.82) is 0 Å². The molecule has 0 aliphatic carbocycles. The minimum Gasteiger partial charge on any atom is -0.292 e. The molecule has 0 N–H and O–H groups in total. The van der Waals surface area contributed by atoms with Crippen LogP contribution in [0.1, 0.15) is 6.92 Å². The number of hydrogen-bond donors (Lipinski definition) is 0. The van der Waals surface area contributed by atoms with Gasteiger partial charge in [-0.2, -0.15) is 4.98 Å². The van der Waals surface area contributed by atoms with Crippen molar-refractivity contribution in [2.24, 2.45) is 0 Å². The second-order valence-corrected chi connectivity index (χ2v) is 7.09. The second kappa shape index (κ2) is 5.58. The molecule has 0 fully saturated rings. The summed E-state index contributed by atoms with van der Waals surface area (Å²) in [6, 6.07) is 11.0. The molecule has 6 nitrogen and oxygen atoms in total. The highest BCUT2D eigenvalue weighted by Gasteiger charge is 2.16. The van der Waals surface area contributed by atoms with Gasteiger partial charge >= 0.3 is 0 Å². The van der Waals surface area contributed by atoms with Crippen molar-refractivity contribution in [1.82, 2.24) is 14.5 Å². The molecule has 118 valence electrons. The minimum absolute atomic E-state index is 0.204. The van der Waals surface area contributed by atoms with Crippen LogP contribution in [0, 0.1) is 0 Å². The Hall–Kier alpha value is -2.54. The van der Waals surface area contributed by atoms with Gasteiger partial charge in [0.25, 0.3) is 5.56 Å². The predicted octanol–water partition coefficient (Wildman–Crippen LogP) is 1.88. The maximum atomic E-state index is 12.7. The minimum atomic E-state index is -3.53. The monoisotopic (exact) mass is 329 g/mol. The number of aryl methyl sites for hydroxylation is 1. The molecule has 0 amide bonds. The lowest BCUT2D eigenvalue weighted by molar-refractivity contribution is 0.593. The molecule has 3 aromatic rings. The largest absolute Gasteiger partial charge is 0.292 e. The van der Waals surface area contributed by atoms with E-state index < -0.39 is 9.84 Å². The van der Waals surface area contributed by atoms with Gasteiger partial charge in [-0.05, 0) is 18.6 Å². The van der Waals surface area contributed by atoms with E-state index in [-0.39, 0.29) is 10.7 Å². The molecule has 0 unspecified atom stereocenters. The molecule has 3 rings (SSSR count). The van der Waals surface area contributed by atoms with Crippen molar-refractivity contribution < 1.29 is 8.42 Å². The summed E-state index contributed by atoms with van der Waals surface area (Å²) >= 11 is 0. The van der Waals surface area contributed by atoms with E-state index in [4.69, 9.17) is 0 Å². The quantitative estimate of drug-likeness (QED) is 0.685. The van der Waals surface area contributed by atoms with Crippen molar-refractivity contribution in [3.63, 3.8) is 0 Å². The fraction of sp³-hybridized carbons (Fsp3) is 0.188. The zero-order valence-corrected chi connectivity index (χ0v) is 13.5. The topological polar surface area (TPSA) is 81.9 Å². The Kier molecular flexibility index (Phi) is 3.73. The fourth-order valence-electron chi connectivity index (χ4n) is 2.44. The number of fused-ring (bicyclic) bond motifs is 1. The third-order valence-corrected chi connectivity index (χ3v) is 4.40. The van der Waals surface area contributed by atoms with Crippen LogP contribution in [0.3, 0.4) is 0 Å². The van der Waals surface area contributed by atoms with Gasteiger partial charge in [0.15, 0.2) is 0 Å². The fourth-order valence-corrected chi connectivity index (χ4v) is 2.94. The highest BCUT2D eigenvalue weighted by molar-refractivity contribution is 7.90. The lowest BCUT2D eigenvalue weighted by atomic mass is 10.1. The van der Waals surface area contributed by atoms with E-state index in [1.807, 2.05) is 37.3 Å². The van der Waals surface area contributed by atoms with Gasteiger partial charge in [-0.3, -0.25) is 9.36 Å². The van der Waals surface area contributed by atoms with Crippen molar-refractivity contribution in [2.45, 2.75) is 18.6 Å². The zero-order chi connectivity index (χ0) is 16.6. The van der Waals surface area contributed by atoms with Crippen LogP contribution in [0.25, 0.3) is 22.2 Å². The van der Waals surface area contributed by atoms with Crippen LogP contribution < -0.4 is 5.56 Å². The summed E-state index contributed by atoms with van der Waals surface area (Å²) in [6.07, 6.45) is 2.48. The molecule has 23 heavy (non-hydrogen) atoms. The molecule has 0 spiro atoms. The van der Waals surface area contributed by atoms with Gasteiger partial charge in [-0.1, -0.05) is 30.3 Å². The van der Waals surface area contributed by atoms with Gasteiger partial charge in [-0.15, -0.1) is 0 Å². The SMILES string of the molecule is CCn1c(=O)c(-c2ccccc2)cc2cnc(S(C)(=O)=O)nc21. The molecule has 0 saturated heterocycles. The van der Waals surface area contributed by atoms with Gasteiger partial charge in [0.05, 0.1) is 0 Å². The van der Waals surface area contributed by atoms with Crippen molar-refractivity contribution in [3.8, 4) is 11.1 Å². The Balaban J connectivity index is 2.37. The molecule has 0 saturated carbocycles. The van der Waals surface area contributed by atoms with Gasteiger partial charge in [0.1, 0.15) is 5.65 Å². The number of sulfone groups is 1. The molecule has 0 atom stereocenters. The highest BCUT2D eigenvalue weighted by atomic mass is 32.2. The van der Waals surface area contributed by atoms with Crippen LogP contribution >= 0.6 is 0 Å². The highest BCUT2D eigenvalue weighted by Crippen LogP contribution is 2.20. The number of aromatic nitrogens is 3. The molecule has 7 heteroatoms. The summed E-state index contributed by atoms with van der Waals surface area (Å²) < 4.78 is 24.7. The standard InChI is InChI=1S/C16H15N3O3S/c1-3-19-14-12(10-17-16(18-14)23(2,21)22)9-13(15(19)20)11-7-5-4-6-8-11/h4-10H,3H2,1-2H3. The van der Waals surface area contributed by atoms with Gasteiger partial charge in [0.2, 0.25) is 15.0 Å². The first-order valence-corrected chi connectivity index (χ1v) is 8.97. The second-order valence-electron chi connectivity index (χ2n) is 5.18. The molecule has 0 radical (unpaired) electrons. The third kappa shape index (κ3) is 2.75. The van der Waals surface area contributed by atoms with E-state index in [2.05, 4.69) is 9.97 Å². The van der Waals surface area contributed by atoms with Crippen molar-refractivity contribution in [2.75, 3.05) is 6.26 Å². The molecule has 1 aromatic carbocycles. The molecule has 2 aromatic heterocycles. The molecule has 0 bridgehead atoms.